The van der Waals surface area contributed by atoms with E-state index in [0.717, 1.165) is 27.8 Å². The van der Waals surface area contributed by atoms with Gasteiger partial charge in [-0.25, -0.2) is 4.68 Å². The molecule has 0 spiro atoms. The molecule has 7 nitrogen and oxygen atoms in total. The van der Waals surface area contributed by atoms with E-state index in [1.54, 1.807) is 12.2 Å². The quantitative estimate of drug-likeness (QED) is 0.246. The van der Waals surface area contributed by atoms with Crippen LogP contribution in [0, 0.1) is 11.1 Å². The third-order valence-corrected chi connectivity index (χ3v) is 6.76. The molecule has 2 unspecified atom stereocenters. The molecule has 1 aromatic heterocycles. The molecular weight excluding hydrogens is 462 g/mol. The zero-order valence-corrected chi connectivity index (χ0v) is 20.0. The van der Waals surface area contributed by atoms with Gasteiger partial charge in [0.25, 0.3) is 5.71 Å². The number of hydrogen-bond acceptors (Lipinski definition) is 5. The first-order valence-corrected chi connectivity index (χ1v) is 11.5. The van der Waals surface area contributed by atoms with Crippen molar-refractivity contribution in [3.63, 3.8) is 0 Å². The molecule has 8 heteroatoms. The van der Waals surface area contributed by atoms with E-state index in [0.29, 0.717) is 0 Å². The number of hydrogen-bond donors (Lipinski definition) is 1. The van der Waals surface area contributed by atoms with Crippen LogP contribution in [-0.4, -0.2) is 44.9 Å². The van der Waals surface area contributed by atoms with Gasteiger partial charge in [-0.15, -0.1) is 5.10 Å². The maximum absolute atomic E-state index is 11.6. The number of aromatic nitrogens is 3. The Kier molecular flexibility index (Phi) is 5.78. The molecule has 1 aliphatic carbocycles. The number of nitrogens with zero attached hydrogens (tertiary/aromatic N) is 5. The van der Waals surface area contributed by atoms with Crippen LogP contribution in [0.3, 0.4) is 0 Å². The summed E-state index contributed by atoms with van der Waals surface area (Å²) in [4.78, 5) is 1.83. The third kappa shape index (κ3) is 3.74. The molecular formula is C27H24ClN5O2. The molecule has 35 heavy (non-hydrogen) atoms. The van der Waals surface area contributed by atoms with E-state index in [1.165, 1.54) is 0 Å². The Morgan fingerprint density at radius 3 is 2.29 bits per heavy atom. The van der Waals surface area contributed by atoms with E-state index >= 15 is 0 Å². The number of rotatable bonds is 5. The summed E-state index contributed by atoms with van der Waals surface area (Å²) in [6.45, 7) is 0. The van der Waals surface area contributed by atoms with Crippen molar-refractivity contribution >= 4 is 34.0 Å². The first-order valence-electron chi connectivity index (χ1n) is 11.2. The van der Waals surface area contributed by atoms with Crippen LogP contribution in [0.25, 0.3) is 11.0 Å². The molecule has 0 aliphatic heterocycles. The second-order valence-electron chi connectivity index (χ2n) is 8.62. The number of allylic oxidation sites excluding steroid dienone is 4. The van der Waals surface area contributed by atoms with E-state index < -0.39 is 5.54 Å². The highest BCUT2D eigenvalue weighted by molar-refractivity contribution is 6.44. The summed E-state index contributed by atoms with van der Waals surface area (Å²) in [5.74, 6) is -0.364. The molecule has 2 atom stereocenters. The van der Waals surface area contributed by atoms with Gasteiger partial charge in [0.1, 0.15) is 16.1 Å². The fourth-order valence-electron chi connectivity index (χ4n) is 4.76. The summed E-state index contributed by atoms with van der Waals surface area (Å²) in [6, 6.07) is 26.1. The smallest absolute Gasteiger partial charge is 0.285 e. The second kappa shape index (κ2) is 8.92. The third-order valence-electron chi connectivity index (χ3n) is 6.44. The predicted octanol–water partition coefficient (Wildman–Crippen LogP) is 4.94. The van der Waals surface area contributed by atoms with Crippen molar-refractivity contribution in [1.29, 1.82) is 0 Å². The predicted molar refractivity (Wildman–Crippen MR) is 138 cm³/mol. The number of benzene rings is 3. The second-order valence-corrected chi connectivity index (χ2v) is 9.03. The van der Waals surface area contributed by atoms with Gasteiger partial charge >= 0.3 is 0 Å². The Morgan fingerprint density at radius 2 is 1.63 bits per heavy atom. The van der Waals surface area contributed by atoms with Gasteiger partial charge in [-0.1, -0.05) is 77.5 Å². The summed E-state index contributed by atoms with van der Waals surface area (Å²) >= 11 is 6.52. The molecule has 3 aromatic carbocycles. The van der Waals surface area contributed by atoms with Crippen molar-refractivity contribution in [2.75, 3.05) is 19.0 Å². The average molecular weight is 486 g/mol. The van der Waals surface area contributed by atoms with Crippen molar-refractivity contribution in [3.05, 3.63) is 118 Å². The maximum atomic E-state index is 11.6. The van der Waals surface area contributed by atoms with Crippen LogP contribution in [0.5, 0.6) is 0 Å². The topological polar surface area (TPSA) is 80.2 Å². The van der Waals surface area contributed by atoms with Gasteiger partial charge < -0.3 is 10.1 Å². The minimum atomic E-state index is -0.895. The first kappa shape index (κ1) is 22.7. The van der Waals surface area contributed by atoms with Crippen LogP contribution in [0.2, 0.25) is 0 Å². The SMILES string of the molecule is CN(C)c1ccc(C(c2ccccc2)(C2C=C/C(=[N+](/[O-])O)C(Cl)=C2)n2nnc3ccccc32)cc1. The highest BCUT2D eigenvalue weighted by atomic mass is 35.5. The lowest BCUT2D eigenvalue weighted by molar-refractivity contribution is -0.725. The maximum Gasteiger partial charge on any atom is 0.285 e. The van der Waals surface area contributed by atoms with Gasteiger partial charge in [0.05, 0.1) is 5.52 Å². The van der Waals surface area contributed by atoms with Gasteiger partial charge in [-0.05, 0) is 41.5 Å². The largest absolute Gasteiger partial charge is 0.417 e. The van der Waals surface area contributed by atoms with Crippen LogP contribution in [0.15, 0.2) is 102 Å². The summed E-state index contributed by atoms with van der Waals surface area (Å²) in [5.41, 5.74) is 3.70. The Morgan fingerprint density at radius 1 is 0.971 bits per heavy atom. The van der Waals surface area contributed by atoms with Gasteiger partial charge in [0.2, 0.25) is 0 Å². The molecule has 1 heterocycles. The van der Waals surface area contributed by atoms with Crippen LogP contribution in [0.1, 0.15) is 11.1 Å². The van der Waals surface area contributed by atoms with Crippen LogP contribution in [0.4, 0.5) is 5.69 Å². The minimum Gasteiger partial charge on any atom is -0.417 e. The lowest BCUT2D eigenvalue weighted by Gasteiger charge is -2.40. The van der Waals surface area contributed by atoms with Crippen LogP contribution >= 0.6 is 11.6 Å². The monoisotopic (exact) mass is 485 g/mol. The van der Waals surface area contributed by atoms with Crippen molar-refractivity contribution in [2.24, 2.45) is 5.92 Å². The Balaban J connectivity index is 1.87. The van der Waals surface area contributed by atoms with Gasteiger partial charge in [0.15, 0.2) is 0 Å². The average Bonchev–Trinajstić information content (AvgIpc) is 3.30. The fraction of sp³-hybridized carbons (Fsp3) is 0.148. The van der Waals surface area contributed by atoms with Crippen molar-refractivity contribution in [2.45, 2.75) is 5.54 Å². The summed E-state index contributed by atoms with van der Waals surface area (Å²) < 4.78 is 1.93. The summed E-state index contributed by atoms with van der Waals surface area (Å²) in [6.07, 6.45) is 5.19. The standard InChI is InChI=1S/C27H24ClN5O2/c1-31(2)22-15-12-20(13-16-22)27(19-8-4-3-5-9-19,21-14-17-25(33(34)35)23(28)18-21)32-26-11-7-6-10-24(26)29-30-32/h3-18,21H,1-2H3,(H,34,35). The molecule has 0 fully saturated rings. The number of anilines is 1. The van der Waals surface area contributed by atoms with Crippen molar-refractivity contribution in [1.82, 2.24) is 15.0 Å². The molecule has 5 rings (SSSR count). The van der Waals surface area contributed by atoms with E-state index in [1.807, 2.05) is 72.2 Å². The lowest BCUT2D eigenvalue weighted by atomic mass is 9.71. The van der Waals surface area contributed by atoms with Crippen LogP contribution < -0.4 is 4.90 Å². The minimum absolute atomic E-state index is 0.0173. The van der Waals surface area contributed by atoms with E-state index in [-0.39, 0.29) is 21.6 Å². The number of halogens is 1. The zero-order valence-electron chi connectivity index (χ0n) is 19.3. The molecule has 1 aliphatic rings. The van der Waals surface area contributed by atoms with E-state index in [4.69, 9.17) is 11.6 Å². The fourth-order valence-corrected chi connectivity index (χ4v) is 5.03. The van der Waals surface area contributed by atoms with Crippen molar-refractivity contribution < 1.29 is 10.1 Å². The molecule has 0 amide bonds. The highest BCUT2D eigenvalue weighted by Gasteiger charge is 2.45. The Bertz CT molecular complexity index is 1450. The molecule has 0 bridgehead atoms. The van der Waals surface area contributed by atoms with Gasteiger partial charge in [-0.3, -0.25) is 5.21 Å². The Labute approximate surface area is 208 Å². The summed E-state index contributed by atoms with van der Waals surface area (Å²) in [5, 5.41) is 30.4. The molecule has 4 aromatic rings. The van der Waals surface area contributed by atoms with Gasteiger partial charge in [-0.2, -0.15) is 0 Å². The summed E-state index contributed by atoms with van der Waals surface area (Å²) in [7, 11) is 4.00. The normalized spacial score (nSPS) is 18.7. The van der Waals surface area contributed by atoms with E-state index in [2.05, 4.69) is 46.7 Å². The highest BCUT2D eigenvalue weighted by Crippen LogP contribution is 2.45. The number of para-hydroxylation sites is 1. The number of fused-ring (bicyclic) bond motifs is 1. The first-order chi connectivity index (χ1) is 16.9. The van der Waals surface area contributed by atoms with Crippen LogP contribution in [-0.2, 0) is 5.54 Å². The molecule has 176 valence electrons. The van der Waals surface area contributed by atoms with Crippen molar-refractivity contribution in [3.8, 4) is 0 Å². The molecule has 0 saturated carbocycles. The molecule has 0 radical (unpaired) electrons. The zero-order chi connectivity index (χ0) is 24.6. The Hall–Kier alpha value is -4.10. The van der Waals surface area contributed by atoms with Gasteiger partial charge in [0, 0.05) is 36.7 Å². The lowest BCUT2D eigenvalue weighted by Crippen LogP contribution is -2.44. The molecule has 1 N–H and O–H groups in total. The molecule has 0 saturated heterocycles. The van der Waals surface area contributed by atoms with E-state index in [9.17, 15) is 10.4 Å².